The Kier molecular flexibility index (Phi) is 4.25. The van der Waals surface area contributed by atoms with Crippen LogP contribution in [0.5, 0.6) is 0 Å². The maximum atomic E-state index is 13.2. The molecular formula is C6H14F2O3Si. The van der Waals surface area contributed by atoms with Gasteiger partial charge in [0, 0.05) is 27.8 Å². The van der Waals surface area contributed by atoms with Crippen molar-refractivity contribution in [2.45, 2.75) is 18.9 Å². The molecule has 0 aliphatic rings. The summed E-state index contributed by atoms with van der Waals surface area (Å²) < 4.78 is 40.2. The molecule has 3 nitrogen and oxygen atoms in total. The van der Waals surface area contributed by atoms with Crippen LogP contribution in [0, 0.1) is 0 Å². The second-order valence-corrected chi connectivity index (χ2v) is 5.30. The van der Waals surface area contributed by atoms with Crippen LogP contribution in [0.4, 0.5) is 8.78 Å². The van der Waals surface area contributed by atoms with Crippen molar-refractivity contribution in [1.29, 1.82) is 0 Å². The Balaban J connectivity index is 4.69. The summed E-state index contributed by atoms with van der Waals surface area (Å²) in [7, 11) is -0.270. The molecule has 0 aliphatic carbocycles. The third kappa shape index (κ3) is 1.82. The van der Waals surface area contributed by atoms with Crippen LogP contribution in [-0.4, -0.2) is 35.7 Å². The Morgan fingerprint density at radius 3 is 1.50 bits per heavy atom. The molecule has 12 heavy (non-hydrogen) atoms. The normalized spacial score (nSPS) is 13.5. The minimum absolute atomic E-state index is 0.352. The lowest BCUT2D eigenvalue weighted by Gasteiger charge is -2.30. The van der Waals surface area contributed by atoms with E-state index in [-0.39, 0.29) is 6.42 Å². The van der Waals surface area contributed by atoms with Crippen LogP contribution >= 0.6 is 0 Å². The average molecular weight is 200 g/mol. The molecule has 0 aromatic heterocycles. The van der Waals surface area contributed by atoms with Gasteiger partial charge in [-0.15, -0.1) is 0 Å². The van der Waals surface area contributed by atoms with Gasteiger partial charge in [0.2, 0.25) is 0 Å². The largest absolute Gasteiger partial charge is 0.573 e. The van der Waals surface area contributed by atoms with Gasteiger partial charge < -0.3 is 13.3 Å². The summed E-state index contributed by atoms with van der Waals surface area (Å²) >= 11 is 0. The fraction of sp³-hybridized carbons (Fsp3) is 1.00. The molecule has 0 N–H and O–H groups in total. The van der Waals surface area contributed by atoms with Gasteiger partial charge in [-0.2, -0.15) is 0 Å². The zero-order valence-corrected chi connectivity index (χ0v) is 8.69. The van der Waals surface area contributed by atoms with Crippen LogP contribution in [0.15, 0.2) is 0 Å². The Hall–Kier alpha value is -0.0431. The van der Waals surface area contributed by atoms with Gasteiger partial charge in [0.25, 0.3) is 0 Å². The molecule has 74 valence electrons. The maximum Gasteiger partial charge on any atom is 0.573 e. The molecule has 0 aromatic rings. The van der Waals surface area contributed by atoms with E-state index in [0.717, 1.165) is 0 Å². The molecule has 0 amide bonds. The van der Waals surface area contributed by atoms with E-state index in [0.29, 0.717) is 0 Å². The van der Waals surface area contributed by atoms with E-state index in [4.69, 9.17) is 0 Å². The maximum absolute atomic E-state index is 13.2. The summed E-state index contributed by atoms with van der Waals surface area (Å²) in [5.74, 6) is 0. The summed E-state index contributed by atoms with van der Waals surface area (Å²) in [6, 6.07) is 0. The predicted molar refractivity (Wildman–Crippen MR) is 42.0 cm³/mol. The van der Waals surface area contributed by atoms with Crippen LogP contribution in [0.2, 0.25) is 0 Å². The van der Waals surface area contributed by atoms with Gasteiger partial charge >= 0.3 is 14.4 Å². The van der Waals surface area contributed by atoms with Crippen LogP contribution in [0.25, 0.3) is 0 Å². The number of rotatable bonds is 5. The molecule has 0 saturated carbocycles. The van der Waals surface area contributed by atoms with Gasteiger partial charge in [0.05, 0.1) is 0 Å². The molecule has 6 heteroatoms. The molecule has 0 bridgehead atoms. The highest BCUT2D eigenvalue weighted by Gasteiger charge is 2.62. The summed E-state index contributed by atoms with van der Waals surface area (Å²) in [6.07, 6.45) is -0.352. The first-order chi connectivity index (χ1) is 5.49. The quantitative estimate of drug-likeness (QED) is 0.629. The highest BCUT2D eigenvalue weighted by atomic mass is 28.4. The first-order valence-electron chi connectivity index (χ1n) is 3.53. The van der Waals surface area contributed by atoms with Crippen LogP contribution in [-0.2, 0) is 13.3 Å². The molecule has 0 rings (SSSR count). The molecule has 0 aliphatic heterocycles. The molecule has 0 heterocycles. The topological polar surface area (TPSA) is 27.7 Å². The van der Waals surface area contributed by atoms with E-state index in [9.17, 15) is 8.78 Å². The number of hydrogen-bond acceptors (Lipinski definition) is 3. The van der Waals surface area contributed by atoms with Gasteiger partial charge in [-0.05, 0) is 0 Å². The summed E-state index contributed by atoms with van der Waals surface area (Å²) in [5.41, 5.74) is -3.02. The van der Waals surface area contributed by atoms with Crippen molar-refractivity contribution in [3.63, 3.8) is 0 Å². The van der Waals surface area contributed by atoms with Gasteiger partial charge in [-0.1, -0.05) is 6.92 Å². The van der Waals surface area contributed by atoms with Crippen LogP contribution < -0.4 is 0 Å². The SMILES string of the molecule is CCC(F)(F)[Si](OC)(OC)OC. The lowest BCUT2D eigenvalue weighted by molar-refractivity contribution is -0.0323. The Morgan fingerprint density at radius 1 is 1.08 bits per heavy atom. The van der Waals surface area contributed by atoms with Gasteiger partial charge in [-0.25, -0.2) is 8.78 Å². The number of alkyl halides is 2. The molecule has 0 spiro atoms. The lowest BCUT2D eigenvalue weighted by atomic mass is 10.5. The Labute approximate surface area is 72.0 Å². The predicted octanol–water partition coefficient (Wildman–Crippen LogP) is 1.45. The standard InChI is InChI=1S/C6H14F2O3Si/c1-5-6(7,8)12(9-2,10-3)11-4/h5H2,1-4H3. The molecule has 0 radical (unpaired) electrons. The first kappa shape index (κ1) is 12.0. The molecule has 0 saturated heterocycles. The van der Waals surface area contributed by atoms with E-state index >= 15 is 0 Å². The van der Waals surface area contributed by atoms with E-state index < -0.39 is 14.4 Å². The van der Waals surface area contributed by atoms with E-state index in [1.54, 1.807) is 0 Å². The van der Waals surface area contributed by atoms with Crippen molar-refractivity contribution < 1.29 is 22.1 Å². The van der Waals surface area contributed by atoms with Crippen molar-refractivity contribution in [2.24, 2.45) is 0 Å². The van der Waals surface area contributed by atoms with E-state index in [1.165, 1.54) is 28.3 Å². The zero-order chi connectivity index (χ0) is 9.83. The van der Waals surface area contributed by atoms with Gasteiger partial charge in [0.1, 0.15) is 0 Å². The van der Waals surface area contributed by atoms with E-state index in [2.05, 4.69) is 13.3 Å². The fourth-order valence-electron chi connectivity index (χ4n) is 0.914. The van der Waals surface area contributed by atoms with Crippen molar-refractivity contribution >= 4 is 8.80 Å². The number of hydrogen-bond donors (Lipinski definition) is 0. The summed E-state index contributed by atoms with van der Waals surface area (Å²) in [6.45, 7) is 1.36. The Bertz CT molecular complexity index is 130. The Morgan fingerprint density at radius 2 is 1.42 bits per heavy atom. The molecular weight excluding hydrogens is 186 g/mol. The van der Waals surface area contributed by atoms with Crippen molar-refractivity contribution in [3.8, 4) is 0 Å². The number of halogens is 2. The van der Waals surface area contributed by atoms with Crippen molar-refractivity contribution in [2.75, 3.05) is 21.3 Å². The second-order valence-electron chi connectivity index (χ2n) is 2.23. The van der Waals surface area contributed by atoms with E-state index in [1.807, 2.05) is 0 Å². The average Bonchev–Trinajstić information content (AvgIpc) is 2.08. The van der Waals surface area contributed by atoms with Crippen LogP contribution in [0.1, 0.15) is 13.3 Å². The third-order valence-corrected chi connectivity index (χ3v) is 4.56. The summed E-state index contributed by atoms with van der Waals surface area (Å²) in [4.78, 5) is 0. The highest BCUT2D eigenvalue weighted by molar-refractivity contribution is 6.63. The minimum atomic E-state index is -3.78. The lowest BCUT2D eigenvalue weighted by Crippen LogP contribution is -2.58. The van der Waals surface area contributed by atoms with Crippen molar-refractivity contribution in [3.05, 3.63) is 0 Å². The van der Waals surface area contributed by atoms with Gasteiger partial charge in [0.15, 0.2) is 0 Å². The first-order valence-corrected chi connectivity index (χ1v) is 5.25. The molecule has 0 aromatic carbocycles. The molecule has 0 unspecified atom stereocenters. The minimum Gasteiger partial charge on any atom is -0.373 e. The van der Waals surface area contributed by atoms with Crippen LogP contribution in [0.3, 0.4) is 0 Å². The molecule has 0 fully saturated rings. The zero-order valence-electron chi connectivity index (χ0n) is 7.69. The monoisotopic (exact) mass is 200 g/mol. The van der Waals surface area contributed by atoms with Crippen molar-refractivity contribution in [1.82, 2.24) is 0 Å². The third-order valence-electron chi connectivity index (χ3n) is 1.70. The highest BCUT2D eigenvalue weighted by Crippen LogP contribution is 2.31. The summed E-state index contributed by atoms with van der Waals surface area (Å²) in [5, 5.41) is 0. The fourth-order valence-corrected chi connectivity index (χ4v) is 2.74. The smallest absolute Gasteiger partial charge is 0.373 e. The molecule has 0 atom stereocenters. The van der Waals surface area contributed by atoms with Gasteiger partial charge in [-0.3, -0.25) is 0 Å². The second kappa shape index (κ2) is 4.27.